The lowest BCUT2D eigenvalue weighted by Gasteiger charge is -2.58. The molecule has 216 valence electrons. The second kappa shape index (κ2) is 10.2. The molecule has 6 nitrogen and oxygen atoms in total. The molecule has 3 aromatic rings. The Labute approximate surface area is 233 Å². The summed E-state index contributed by atoms with van der Waals surface area (Å²) in [6.45, 7) is -0.139. The molecule has 7 rings (SSSR count). The van der Waals surface area contributed by atoms with Gasteiger partial charge in [-0.1, -0.05) is 24.3 Å². The highest BCUT2D eigenvalue weighted by Gasteiger charge is 2.56. The predicted molar refractivity (Wildman–Crippen MR) is 141 cm³/mol. The molecule has 41 heavy (non-hydrogen) atoms. The molecule has 4 aliphatic carbocycles. The molecule has 1 atom stereocenters. The van der Waals surface area contributed by atoms with Crippen molar-refractivity contribution in [3.05, 3.63) is 71.5 Å². The molecular formula is C31H29F4NO5. The van der Waals surface area contributed by atoms with E-state index in [4.69, 9.17) is 4.74 Å². The van der Waals surface area contributed by atoms with E-state index >= 15 is 0 Å². The summed E-state index contributed by atoms with van der Waals surface area (Å²) in [5.74, 6) is -1.14. The number of benzene rings is 3. The maximum atomic E-state index is 14.3. The predicted octanol–water partition coefficient (Wildman–Crippen LogP) is 6.86. The number of alkyl halides is 3. The Kier molecular flexibility index (Phi) is 6.82. The second-order valence-corrected chi connectivity index (χ2v) is 11.8. The molecule has 0 radical (unpaired) electrons. The van der Waals surface area contributed by atoms with Crippen molar-refractivity contribution < 1.29 is 41.7 Å². The average Bonchev–Trinajstić information content (AvgIpc) is 2.89. The second-order valence-electron chi connectivity index (χ2n) is 11.8. The minimum absolute atomic E-state index is 0.0519. The molecule has 4 fully saturated rings. The topological polar surface area (TPSA) is 84.9 Å². The summed E-state index contributed by atoms with van der Waals surface area (Å²) in [6, 6.07) is 11.2. The van der Waals surface area contributed by atoms with E-state index in [2.05, 4.69) is 10.1 Å². The fraction of sp³-hybridized carbons (Fsp3) is 0.419. The van der Waals surface area contributed by atoms with Crippen molar-refractivity contribution in [2.24, 2.45) is 23.2 Å². The summed E-state index contributed by atoms with van der Waals surface area (Å²) in [5.41, 5.74) is 0.0351. The number of halogens is 4. The Hall–Kier alpha value is -3.82. The fourth-order valence-electron chi connectivity index (χ4n) is 7.76. The van der Waals surface area contributed by atoms with Gasteiger partial charge in [0.05, 0.1) is 5.56 Å². The van der Waals surface area contributed by atoms with Gasteiger partial charge in [-0.15, -0.1) is 13.2 Å². The molecule has 1 unspecified atom stereocenters. The van der Waals surface area contributed by atoms with Gasteiger partial charge in [-0.2, -0.15) is 0 Å². The van der Waals surface area contributed by atoms with Crippen LogP contribution in [0.2, 0.25) is 0 Å². The van der Waals surface area contributed by atoms with Crippen molar-refractivity contribution in [2.45, 2.75) is 57.5 Å². The van der Waals surface area contributed by atoms with E-state index in [9.17, 15) is 32.3 Å². The van der Waals surface area contributed by atoms with Gasteiger partial charge in [0.15, 0.2) is 0 Å². The van der Waals surface area contributed by atoms with Gasteiger partial charge < -0.3 is 19.9 Å². The van der Waals surface area contributed by atoms with Crippen LogP contribution in [0.15, 0.2) is 54.6 Å². The molecule has 3 aromatic carbocycles. The number of carboxylic acids is 1. The third-order valence-corrected chi connectivity index (χ3v) is 8.94. The lowest BCUT2D eigenvalue weighted by molar-refractivity contribution is -0.274. The highest BCUT2D eigenvalue weighted by molar-refractivity contribution is 6.05. The van der Waals surface area contributed by atoms with Crippen LogP contribution < -0.4 is 14.8 Å². The Morgan fingerprint density at radius 3 is 2.15 bits per heavy atom. The fourth-order valence-corrected chi connectivity index (χ4v) is 7.76. The molecule has 1 amide bonds. The number of aliphatic carboxylic acids is 1. The zero-order valence-corrected chi connectivity index (χ0v) is 22.0. The number of carbonyl (C=O) groups excluding carboxylic acids is 1. The zero-order chi connectivity index (χ0) is 28.9. The van der Waals surface area contributed by atoms with Crippen molar-refractivity contribution in [2.75, 3.05) is 0 Å². The molecule has 0 spiro atoms. The summed E-state index contributed by atoms with van der Waals surface area (Å²) in [7, 11) is 0. The minimum atomic E-state index is -4.82. The highest BCUT2D eigenvalue weighted by Crippen LogP contribution is 2.61. The minimum Gasteiger partial charge on any atom is -0.487 e. The first-order valence-corrected chi connectivity index (χ1v) is 13.7. The van der Waals surface area contributed by atoms with Crippen LogP contribution in [0.4, 0.5) is 17.6 Å². The van der Waals surface area contributed by atoms with Crippen LogP contribution in [0.25, 0.3) is 10.8 Å². The van der Waals surface area contributed by atoms with Crippen LogP contribution in [0.5, 0.6) is 11.5 Å². The molecule has 4 bridgehead atoms. The number of fused-ring (bicyclic) bond motifs is 1. The third-order valence-electron chi connectivity index (χ3n) is 8.94. The van der Waals surface area contributed by atoms with Crippen molar-refractivity contribution in [3.8, 4) is 11.5 Å². The molecular weight excluding hydrogens is 542 g/mol. The number of ether oxygens (including phenoxy) is 2. The maximum absolute atomic E-state index is 14.3. The van der Waals surface area contributed by atoms with Gasteiger partial charge >= 0.3 is 12.3 Å². The molecule has 2 N–H and O–H groups in total. The monoisotopic (exact) mass is 571 g/mol. The van der Waals surface area contributed by atoms with Gasteiger partial charge in [0, 0.05) is 10.8 Å². The smallest absolute Gasteiger partial charge is 0.487 e. The number of hydrogen-bond donors (Lipinski definition) is 2. The van der Waals surface area contributed by atoms with Crippen LogP contribution in [0.1, 0.15) is 54.4 Å². The van der Waals surface area contributed by atoms with Gasteiger partial charge in [0.2, 0.25) is 0 Å². The lowest BCUT2D eigenvalue weighted by atomic mass is 9.47. The van der Waals surface area contributed by atoms with E-state index in [0.717, 1.165) is 50.7 Å². The van der Waals surface area contributed by atoms with E-state index in [1.165, 1.54) is 36.4 Å². The van der Waals surface area contributed by atoms with E-state index in [1.54, 1.807) is 6.07 Å². The number of carbonyl (C=O) groups is 2. The molecule has 10 heteroatoms. The van der Waals surface area contributed by atoms with Gasteiger partial charge in [0.1, 0.15) is 30.0 Å². The number of nitrogens with one attached hydrogen (secondary N) is 1. The third kappa shape index (κ3) is 5.56. The number of carboxylic acid groups (broad SMARTS) is 1. The largest absolute Gasteiger partial charge is 0.573 e. The Morgan fingerprint density at radius 1 is 0.951 bits per heavy atom. The molecule has 0 aliphatic heterocycles. The van der Waals surface area contributed by atoms with Crippen molar-refractivity contribution in [3.63, 3.8) is 0 Å². The first-order chi connectivity index (χ1) is 19.5. The highest BCUT2D eigenvalue weighted by atomic mass is 19.4. The van der Waals surface area contributed by atoms with Crippen LogP contribution in [-0.2, 0) is 11.4 Å². The normalized spacial score (nSPS) is 25.6. The molecule has 0 aromatic heterocycles. The molecule has 0 heterocycles. The summed E-state index contributed by atoms with van der Waals surface area (Å²) < 4.78 is 61.7. The zero-order valence-electron chi connectivity index (χ0n) is 22.0. The van der Waals surface area contributed by atoms with Crippen molar-refractivity contribution in [1.82, 2.24) is 5.32 Å². The summed E-state index contributed by atoms with van der Waals surface area (Å²) in [4.78, 5) is 26.3. The first kappa shape index (κ1) is 27.4. The van der Waals surface area contributed by atoms with Gasteiger partial charge in [-0.05, 0) is 97.6 Å². The molecule has 4 aliphatic rings. The quantitative estimate of drug-likeness (QED) is 0.289. The summed E-state index contributed by atoms with van der Waals surface area (Å²) >= 11 is 0. The summed E-state index contributed by atoms with van der Waals surface area (Å²) in [6.07, 6.45) is 0.867. The number of hydrogen-bond acceptors (Lipinski definition) is 4. The Balaban J connectivity index is 1.28. The first-order valence-electron chi connectivity index (χ1n) is 13.7. The van der Waals surface area contributed by atoms with Gasteiger partial charge in [0.25, 0.3) is 5.91 Å². The van der Waals surface area contributed by atoms with Gasteiger partial charge in [-0.3, -0.25) is 4.79 Å². The molecule has 0 saturated heterocycles. The average molecular weight is 572 g/mol. The Bertz CT molecular complexity index is 1450. The van der Waals surface area contributed by atoms with E-state index in [0.29, 0.717) is 34.1 Å². The van der Waals surface area contributed by atoms with Crippen LogP contribution in [-0.4, -0.2) is 29.4 Å². The standard InChI is InChI=1S/C31H29F4NO5/c32-22-5-3-21-4-8-24(26(25(21)12-22)40-16-17-1-6-23(7-2-17)41-31(33,34)35)28(37)36-27(29(38)39)30-13-18-9-19(14-30)11-20(10-18)15-30/h1-8,12,18-20,27H,9-11,13-16H2,(H,36,37)(H,38,39). The lowest BCUT2D eigenvalue weighted by Crippen LogP contribution is -2.59. The van der Waals surface area contributed by atoms with Crippen LogP contribution >= 0.6 is 0 Å². The van der Waals surface area contributed by atoms with E-state index in [-0.39, 0.29) is 17.9 Å². The van der Waals surface area contributed by atoms with Crippen LogP contribution in [0, 0.1) is 29.0 Å². The maximum Gasteiger partial charge on any atom is 0.573 e. The SMILES string of the molecule is O=C(NC(C(=O)O)C12CC3CC(CC(C3)C1)C2)c1ccc2ccc(F)cc2c1OCc1ccc(OC(F)(F)F)cc1. The molecule has 4 saturated carbocycles. The Morgan fingerprint density at radius 2 is 1.56 bits per heavy atom. The summed E-state index contributed by atoms with van der Waals surface area (Å²) in [5, 5.41) is 14.0. The van der Waals surface area contributed by atoms with Crippen molar-refractivity contribution in [1.29, 1.82) is 0 Å². The number of amides is 1. The van der Waals surface area contributed by atoms with Crippen LogP contribution in [0.3, 0.4) is 0 Å². The van der Waals surface area contributed by atoms with Gasteiger partial charge in [-0.25, -0.2) is 9.18 Å². The number of rotatable bonds is 8. The van der Waals surface area contributed by atoms with E-state index < -0.39 is 41.3 Å². The van der Waals surface area contributed by atoms with E-state index in [1.807, 2.05) is 0 Å². The van der Waals surface area contributed by atoms with Crippen molar-refractivity contribution >= 4 is 22.6 Å².